The molecule has 0 radical (unpaired) electrons. The Morgan fingerprint density at radius 1 is 0.903 bits per heavy atom. The maximum atomic E-state index is 6.43. The highest BCUT2D eigenvalue weighted by molar-refractivity contribution is 9.10. The van der Waals surface area contributed by atoms with Crippen LogP contribution in [0.15, 0.2) is 74.7 Å². The molecule has 0 aliphatic carbocycles. The van der Waals surface area contributed by atoms with Crippen LogP contribution in [-0.4, -0.2) is 24.9 Å². The van der Waals surface area contributed by atoms with Crippen molar-refractivity contribution in [2.45, 2.75) is 18.7 Å². The van der Waals surface area contributed by atoms with Crippen molar-refractivity contribution in [3.8, 4) is 17.2 Å². The van der Waals surface area contributed by atoms with Crippen LogP contribution in [0, 0.1) is 0 Å². The number of halogens is 2. The first-order valence-electron chi connectivity index (χ1n) is 9.87. The van der Waals surface area contributed by atoms with Gasteiger partial charge in [-0.3, -0.25) is 0 Å². The number of hydrogen-bond acceptors (Lipinski definition) is 5. The zero-order valence-corrected chi connectivity index (χ0v) is 20.2. The van der Waals surface area contributed by atoms with Crippen LogP contribution in [-0.2, 0) is 0 Å². The van der Waals surface area contributed by atoms with E-state index >= 15 is 0 Å². The van der Waals surface area contributed by atoms with Gasteiger partial charge in [0.2, 0.25) is 6.23 Å². The molecule has 158 valence electrons. The Balaban J connectivity index is 1.58. The largest absolute Gasteiger partial charge is 0.493 e. The van der Waals surface area contributed by atoms with E-state index in [0.29, 0.717) is 11.5 Å². The second kappa shape index (κ2) is 8.20. The summed E-state index contributed by atoms with van der Waals surface area (Å²) in [5.41, 5.74) is 4.18. The molecule has 0 unspecified atom stereocenters. The summed E-state index contributed by atoms with van der Waals surface area (Å²) in [6.45, 7) is 0. The standard InChI is InChI=1S/C24H20Br2N2O3/c1-29-22-9-5-15(11-23(22)30-2)19-13-20-18-12-17(26)8-10-21(18)31-24(28(20)27-19)14-3-6-16(25)7-4-14/h3-12,20,24H,13H2,1-2H3/t20-,24-/m1/s1. The van der Waals surface area contributed by atoms with E-state index in [-0.39, 0.29) is 12.3 Å². The number of hydrazone groups is 1. The third-order valence-electron chi connectivity index (χ3n) is 5.62. The lowest BCUT2D eigenvalue weighted by atomic mass is 9.96. The minimum absolute atomic E-state index is 0.0815. The van der Waals surface area contributed by atoms with Crippen molar-refractivity contribution in [1.29, 1.82) is 0 Å². The van der Waals surface area contributed by atoms with Gasteiger partial charge in [0.15, 0.2) is 11.5 Å². The summed E-state index contributed by atoms with van der Waals surface area (Å²) < 4.78 is 19.4. The molecule has 0 amide bonds. The van der Waals surface area contributed by atoms with Crippen LogP contribution < -0.4 is 14.2 Å². The highest BCUT2D eigenvalue weighted by atomic mass is 79.9. The molecule has 3 aromatic carbocycles. The summed E-state index contributed by atoms with van der Waals surface area (Å²) in [7, 11) is 3.28. The normalized spacial score (nSPS) is 19.2. The Bertz CT molecular complexity index is 1160. The summed E-state index contributed by atoms with van der Waals surface area (Å²) in [6.07, 6.45) is 0.472. The summed E-state index contributed by atoms with van der Waals surface area (Å²) in [6, 6.07) is 20.4. The van der Waals surface area contributed by atoms with E-state index in [4.69, 9.17) is 19.3 Å². The lowest BCUT2D eigenvalue weighted by Gasteiger charge is -2.38. The highest BCUT2D eigenvalue weighted by Gasteiger charge is 2.41. The first-order chi connectivity index (χ1) is 15.1. The molecule has 0 aromatic heterocycles. The molecule has 3 aromatic rings. The van der Waals surface area contributed by atoms with Crippen LogP contribution in [0.4, 0.5) is 0 Å². The molecular formula is C24H20Br2N2O3. The topological polar surface area (TPSA) is 43.3 Å². The summed E-state index contributed by atoms with van der Waals surface area (Å²) in [5, 5.41) is 7.10. The van der Waals surface area contributed by atoms with Gasteiger partial charge in [0, 0.05) is 32.1 Å². The predicted molar refractivity (Wildman–Crippen MR) is 127 cm³/mol. The third-order valence-corrected chi connectivity index (χ3v) is 6.65. The van der Waals surface area contributed by atoms with Crippen molar-refractivity contribution in [2.24, 2.45) is 5.10 Å². The fourth-order valence-corrected chi connectivity index (χ4v) is 4.74. The molecule has 31 heavy (non-hydrogen) atoms. The number of benzene rings is 3. The van der Waals surface area contributed by atoms with Crippen LogP contribution in [0.5, 0.6) is 17.2 Å². The summed E-state index contributed by atoms with van der Waals surface area (Å²) >= 11 is 7.12. The Morgan fingerprint density at radius 3 is 2.39 bits per heavy atom. The molecule has 5 nitrogen and oxygen atoms in total. The molecule has 2 atom stereocenters. The van der Waals surface area contributed by atoms with Gasteiger partial charge in [-0.1, -0.05) is 44.0 Å². The molecule has 0 spiro atoms. The van der Waals surface area contributed by atoms with Crippen molar-refractivity contribution in [3.63, 3.8) is 0 Å². The molecule has 2 heterocycles. The third kappa shape index (κ3) is 3.70. The molecule has 0 saturated carbocycles. The Hall–Kier alpha value is -2.51. The maximum absolute atomic E-state index is 6.43. The zero-order chi connectivity index (χ0) is 21.5. The summed E-state index contributed by atoms with van der Waals surface area (Å²) in [4.78, 5) is 0. The molecule has 0 N–H and O–H groups in total. The minimum Gasteiger partial charge on any atom is -0.493 e. The SMILES string of the molecule is COc1ccc(C2=NN3[C@H](C2)c2cc(Br)ccc2O[C@@H]3c2ccc(Br)cc2)cc1OC. The quantitative estimate of drug-likeness (QED) is 0.378. The van der Waals surface area contributed by atoms with E-state index < -0.39 is 0 Å². The number of nitrogens with zero attached hydrogens (tertiary/aromatic N) is 2. The molecule has 0 fully saturated rings. The van der Waals surface area contributed by atoms with E-state index in [1.807, 2.05) is 42.5 Å². The van der Waals surface area contributed by atoms with Crippen molar-refractivity contribution in [1.82, 2.24) is 5.01 Å². The zero-order valence-electron chi connectivity index (χ0n) is 17.0. The van der Waals surface area contributed by atoms with Gasteiger partial charge < -0.3 is 14.2 Å². The van der Waals surface area contributed by atoms with Gasteiger partial charge in [-0.05, 0) is 48.5 Å². The molecular weight excluding hydrogens is 524 g/mol. The van der Waals surface area contributed by atoms with Gasteiger partial charge in [-0.2, -0.15) is 5.10 Å². The molecule has 5 rings (SSSR count). The highest BCUT2D eigenvalue weighted by Crippen LogP contribution is 2.48. The Labute approximate surface area is 197 Å². The molecule has 7 heteroatoms. The minimum atomic E-state index is -0.301. The van der Waals surface area contributed by atoms with E-state index in [1.54, 1.807) is 14.2 Å². The molecule has 0 saturated heterocycles. The van der Waals surface area contributed by atoms with Crippen LogP contribution in [0.2, 0.25) is 0 Å². The fraction of sp³-hybridized carbons (Fsp3) is 0.208. The van der Waals surface area contributed by atoms with E-state index in [9.17, 15) is 0 Å². The average molecular weight is 544 g/mol. The van der Waals surface area contributed by atoms with Gasteiger partial charge in [0.1, 0.15) is 5.75 Å². The monoisotopic (exact) mass is 542 g/mol. The lowest BCUT2D eigenvalue weighted by molar-refractivity contribution is -0.0190. The number of methoxy groups -OCH3 is 2. The van der Waals surface area contributed by atoms with Crippen molar-refractivity contribution in [3.05, 3.63) is 86.3 Å². The number of ether oxygens (including phenoxy) is 3. The van der Waals surface area contributed by atoms with Crippen LogP contribution in [0.25, 0.3) is 0 Å². The second-order valence-corrected chi connectivity index (χ2v) is 9.25. The average Bonchev–Trinajstić information content (AvgIpc) is 3.24. The van der Waals surface area contributed by atoms with Crippen LogP contribution >= 0.6 is 31.9 Å². The molecule has 2 aliphatic rings. The Morgan fingerprint density at radius 2 is 1.65 bits per heavy atom. The van der Waals surface area contributed by atoms with Crippen molar-refractivity contribution >= 4 is 37.6 Å². The molecule has 0 bridgehead atoms. The fourth-order valence-electron chi connectivity index (χ4n) is 4.10. The van der Waals surface area contributed by atoms with Crippen LogP contribution in [0.1, 0.15) is 35.4 Å². The number of hydrogen-bond donors (Lipinski definition) is 0. The van der Waals surface area contributed by atoms with Gasteiger partial charge in [0.25, 0.3) is 0 Å². The Kier molecular flexibility index (Phi) is 5.40. The second-order valence-electron chi connectivity index (χ2n) is 7.42. The van der Waals surface area contributed by atoms with Gasteiger partial charge in [-0.15, -0.1) is 0 Å². The first kappa shape index (κ1) is 20.4. The first-order valence-corrected chi connectivity index (χ1v) is 11.5. The van der Waals surface area contributed by atoms with Crippen LogP contribution in [0.3, 0.4) is 0 Å². The van der Waals surface area contributed by atoms with Crippen molar-refractivity contribution in [2.75, 3.05) is 14.2 Å². The van der Waals surface area contributed by atoms with Crippen molar-refractivity contribution < 1.29 is 14.2 Å². The summed E-state index contributed by atoms with van der Waals surface area (Å²) in [5.74, 6) is 2.28. The van der Waals surface area contributed by atoms with Gasteiger partial charge >= 0.3 is 0 Å². The van der Waals surface area contributed by atoms with E-state index in [2.05, 4.69) is 55.1 Å². The van der Waals surface area contributed by atoms with Gasteiger partial charge in [-0.25, -0.2) is 5.01 Å². The number of fused-ring (bicyclic) bond motifs is 3. The van der Waals surface area contributed by atoms with E-state index in [0.717, 1.165) is 43.5 Å². The van der Waals surface area contributed by atoms with E-state index in [1.165, 1.54) is 0 Å². The smallest absolute Gasteiger partial charge is 0.213 e. The predicted octanol–water partition coefficient (Wildman–Crippen LogP) is 6.47. The molecule has 2 aliphatic heterocycles. The lowest BCUT2D eigenvalue weighted by Crippen LogP contribution is -2.33. The number of rotatable bonds is 4. The van der Waals surface area contributed by atoms with Gasteiger partial charge in [0.05, 0.1) is 26.0 Å². The maximum Gasteiger partial charge on any atom is 0.213 e.